The maximum Gasteiger partial charge on any atom is 0.189 e. The lowest BCUT2D eigenvalue weighted by atomic mass is 9.76. The summed E-state index contributed by atoms with van der Waals surface area (Å²) >= 11 is 0. The molecular weight excluding hydrogens is 416 g/mol. The Morgan fingerprint density at radius 1 is 1.06 bits per heavy atom. The van der Waals surface area contributed by atoms with Crippen LogP contribution in [0.25, 0.3) is 0 Å². The Bertz CT molecular complexity index is 867. The molecule has 0 aromatic heterocycles. The molecule has 1 aromatic rings. The summed E-state index contributed by atoms with van der Waals surface area (Å²) in [5.41, 5.74) is -1.30. The normalized spacial score (nSPS) is 31.5. The number of aliphatic hydroxyl groups is 2. The van der Waals surface area contributed by atoms with Crippen LogP contribution < -0.4 is 0 Å². The number of rotatable bonds is 8. The average Bonchev–Trinajstić information content (AvgIpc) is 3.47. The van der Waals surface area contributed by atoms with Crippen molar-refractivity contribution in [3.63, 3.8) is 0 Å². The first kappa shape index (κ1) is 24.6. The fraction of sp³-hybridized carbons (Fsp3) is 0.667. The molecule has 1 spiro atoms. The molecule has 32 heavy (non-hydrogen) atoms. The molecule has 2 aliphatic rings. The summed E-state index contributed by atoms with van der Waals surface area (Å²) in [4.78, 5) is 26.1. The Hall–Kier alpha value is -2.00. The summed E-state index contributed by atoms with van der Waals surface area (Å²) in [6, 6.07) is 2.22. The van der Waals surface area contributed by atoms with Gasteiger partial charge in [-0.3, -0.25) is 9.59 Å². The maximum atomic E-state index is 13.6. The minimum Gasteiger partial charge on any atom is -0.507 e. The number of epoxide rings is 1. The van der Waals surface area contributed by atoms with Gasteiger partial charge in [-0.1, -0.05) is 41.0 Å². The summed E-state index contributed by atoms with van der Waals surface area (Å²) in [5, 5.41) is 41.9. The van der Waals surface area contributed by atoms with Gasteiger partial charge in [-0.05, 0) is 18.4 Å². The highest BCUT2D eigenvalue weighted by molar-refractivity contribution is 6.06. The molecule has 2 fully saturated rings. The SMILES string of the molecule is CCC(C)C(C(=O)c1cc(C(=O)C(C)C)c(O)cc1O)[C@H]1C[C@@H](O)[C@@]2(O[C@H]2CC)[C@H](O)O1. The van der Waals surface area contributed by atoms with Crippen molar-refractivity contribution in [2.45, 2.75) is 84.1 Å². The number of aromatic hydroxyl groups is 2. The van der Waals surface area contributed by atoms with E-state index in [0.717, 1.165) is 6.07 Å². The smallest absolute Gasteiger partial charge is 0.189 e. The quantitative estimate of drug-likeness (QED) is 0.351. The lowest BCUT2D eigenvalue weighted by molar-refractivity contribution is -0.241. The van der Waals surface area contributed by atoms with Crippen LogP contribution in [0.2, 0.25) is 0 Å². The third kappa shape index (κ3) is 4.05. The van der Waals surface area contributed by atoms with Crippen LogP contribution in [0.3, 0.4) is 0 Å². The molecular formula is C24H34O8. The molecule has 2 unspecified atom stereocenters. The summed E-state index contributed by atoms with van der Waals surface area (Å²) in [5.74, 6) is -3.07. The molecule has 8 nitrogen and oxygen atoms in total. The zero-order valence-corrected chi connectivity index (χ0v) is 19.2. The molecule has 2 saturated heterocycles. The standard InChI is InChI=1S/C24H34O8/c1-6-12(5)20(17-10-18(27)24(23(30)31-17)19(7-2)32-24)22(29)14-8-13(21(28)11(3)4)15(25)9-16(14)26/h8-9,11-12,17-20,23,25-27,30H,6-7,10H2,1-5H3/t12?,17-,18-,19+,20?,23-,24+/m1/s1. The largest absolute Gasteiger partial charge is 0.507 e. The monoisotopic (exact) mass is 450 g/mol. The van der Waals surface area contributed by atoms with Crippen molar-refractivity contribution < 1.29 is 39.5 Å². The fourth-order valence-corrected chi connectivity index (χ4v) is 4.76. The summed E-state index contributed by atoms with van der Waals surface area (Å²) in [6.45, 7) is 9.00. The number of carbonyl (C=O) groups is 2. The van der Waals surface area contributed by atoms with Crippen molar-refractivity contribution in [3.05, 3.63) is 23.3 Å². The zero-order valence-electron chi connectivity index (χ0n) is 19.2. The molecule has 2 heterocycles. The van der Waals surface area contributed by atoms with Gasteiger partial charge in [0.25, 0.3) is 0 Å². The van der Waals surface area contributed by atoms with Gasteiger partial charge in [0.2, 0.25) is 0 Å². The van der Waals surface area contributed by atoms with E-state index in [1.54, 1.807) is 13.8 Å². The maximum absolute atomic E-state index is 13.6. The second-order valence-electron chi connectivity index (χ2n) is 9.33. The van der Waals surface area contributed by atoms with E-state index < -0.39 is 53.2 Å². The Balaban J connectivity index is 1.95. The zero-order chi connectivity index (χ0) is 24.0. The highest BCUT2D eigenvalue weighted by Crippen LogP contribution is 2.51. The van der Waals surface area contributed by atoms with Gasteiger partial charge in [0.1, 0.15) is 11.5 Å². The van der Waals surface area contributed by atoms with Crippen molar-refractivity contribution in [2.24, 2.45) is 17.8 Å². The minimum absolute atomic E-state index is 0.0372. The first-order valence-corrected chi connectivity index (χ1v) is 11.3. The third-order valence-electron chi connectivity index (χ3n) is 6.96. The third-order valence-corrected chi connectivity index (χ3v) is 6.96. The number of benzene rings is 1. The van der Waals surface area contributed by atoms with Crippen molar-refractivity contribution in [2.75, 3.05) is 0 Å². The second kappa shape index (κ2) is 9.09. The molecule has 7 atom stereocenters. The van der Waals surface area contributed by atoms with E-state index in [1.165, 1.54) is 6.07 Å². The molecule has 0 bridgehead atoms. The Labute approximate surface area is 188 Å². The van der Waals surface area contributed by atoms with E-state index in [9.17, 15) is 30.0 Å². The molecule has 0 aliphatic carbocycles. The van der Waals surface area contributed by atoms with Crippen molar-refractivity contribution in [3.8, 4) is 11.5 Å². The summed E-state index contributed by atoms with van der Waals surface area (Å²) in [6.07, 6.45) is -2.20. The predicted molar refractivity (Wildman–Crippen MR) is 116 cm³/mol. The van der Waals surface area contributed by atoms with Gasteiger partial charge in [0, 0.05) is 18.4 Å². The van der Waals surface area contributed by atoms with Gasteiger partial charge in [0.05, 0.1) is 35.4 Å². The molecule has 0 radical (unpaired) electrons. The number of aliphatic hydroxyl groups excluding tert-OH is 2. The van der Waals surface area contributed by atoms with Crippen molar-refractivity contribution in [1.82, 2.24) is 0 Å². The molecule has 2 aliphatic heterocycles. The molecule has 1 aromatic carbocycles. The highest BCUT2D eigenvalue weighted by atomic mass is 16.7. The number of Topliss-reactive ketones (excluding diaryl/α,β-unsaturated/α-hetero) is 2. The van der Waals surface area contributed by atoms with Crippen molar-refractivity contribution >= 4 is 11.6 Å². The van der Waals surface area contributed by atoms with E-state index in [2.05, 4.69) is 0 Å². The Morgan fingerprint density at radius 2 is 1.66 bits per heavy atom. The number of phenols is 2. The van der Waals surface area contributed by atoms with Gasteiger partial charge in [-0.25, -0.2) is 0 Å². The van der Waals surface area contributed by atoms with Crippen LogP contribution in [-0.2, 0) is 9.47 Å². The van der Waals surface area contributed by atoms with Crippen LogP contribution in [-0.4, -0.2) is 62.2 Å². The van der Waals surface area contributed by atoms with E-state index in [4.69, 9.17) is 9.47 Å². The number of phenolic OH excluding ortho intramolecular Hbond substituents is 2. The van der Waals surface area contributed by atoms with Gasteiger partial charge in [-0.15, -0.1) is 0 Å². The Morgan fingerprint density at radius 3 is 2.12 bits per heavy atom. The van der Waals surface area contributed by atoms with Crippen molar-refractivity contribution in [1.29, 1.82) is 0 Å². The molecule has 8 heteroatoms. The van der Waals surface area contributed by atoms with Crippen LogP contribution in [0.15, 0.2) is 12.1 Å². The molecule has 4 N–H and O–H groups in total. The highest BCUT2D eigenvalue weighted by Gasteiger charge is 2.68. The predicted octanol–water partition coefficient (Wildman–Crippen LogP) is 2.80. The number of hydrogen-bond donors (Lipinski definition) is 4. The number of carbonyl (C=O) groups excluding carboxylic acids is 2. The van der Waals surface area contributed by atoms with Crippen LogP contribution in [0.5, 0.6) is 11.5 Å². The van der Waals surface area contributed by atoms with Gasteiger partial charge >= 0.3 is 0 Å². The lowest BCUT2D eigenvalue weighted by Crippen LogP contribution is -2.55. The van der Waals surface area contributed by atoms with Crippen LogP contribution >= 0.6 is 0 Å². The number of ketones is 2. The minimum atomic E-state index is -1.38. The Kier molecular flexibility index (Phi) is 7.00. The number of ether oxygens (including phenoxy) is 2. The topological polar surface area (TPSA) is 137 Å². The summed E-state index contributed by atoms with van der Waals surface area (Å²) < 4.78 is 11.4. The first-order valence-electron chi connectivity index (χ1n) is 11.3. The molecule has 3 rings (SSSR count). The van der Waals surface area contributed by atoms with E-state index in [-0.39, 0.29) is 35.4 Å². The fourth-order valence-electron chi connectivity index (χ4n) is 4.76. The van der Waals surface area contributed by atoms with Gasteiger partial charge in [-0.2, -0.15) is 0 Å². The average molecular weight is 451 g/mol. The second-order valence-corrected chi connectivity index (χ2v) is 9.33. The van der Waals surface area contributed by atoms with Crippen LogP contribution in [0, 0.1) is 17.8 Å². The molecule has 0 amide bonds. The first-order chi connectivity index (χ1) is 15.0. The van der Waals surface area contributed by atoms with E-state index in [0.29, 0.717) is 12.8 Å². The van der Waals surface area contributed by atoms with Gasteiger partial charge < -0.3 is 29.9 Å². The van der Waals surface area contributed by atoms with E-state index >= 15 is 0 Å². The van der Waals surface area contributed by atoms with Gasteiger partial charge in [0.15, 0.2) is 23.5 Å². The molecule has 178 valence electrons. The van der Waals surface area contributed by atoms with Crippen LogP contribution in [0.1, 0.15) is 74.6 Å². The molecule has 0 saturated carbocycles. The van der Waals surface area contributed by atoms with E-state index in [1.807, 2.05) is 20.8 Å². The van der Waals surface area contributed by atoms with Crippen LogP contribution in [0.4, 0.5) is 0 Å². The summed E-state index contributed by atoms with van der Waals surface area (Å²) in [7, 11) is 0. The number of hydrogen-bond acceptors (Lipinski definition) is 8. The lowest BCUT2D eigenvalue weighted by Gasteiger charge is -2.40.